The molecule has 0 unspecified atom stereocenters. The largest absolute Gasteiger partial charge is 0.493 e. The molecule has 1 aromatic carbocycles. The average molecular weight is 398 g/mol. The third-order valence-electron chi connectivity index (χ3n) is 4.85. The van der Waals surface area contributed by atoms with Gasteiger partial charge in [0.05, 0.1) is 14.2 Å². The second-order valence-electron chi connectivity index (χ2n) is 6.77. The van der Waals surface area contributed by atoms with Gasteiger partial charge in [-0.15, -0.1) is 0 Å². The van der Waals surface area contributed by atoms with E-state index in [9.17, 15) is 9.59 Å². The summed E-state index contributed by atoms with van der Waals surface area (Å²) in [6.07, 6.45) is 3.66. The van der Waals surface area contributed by atoms with Crippen molar-refractivity contribution in [1.29, 1.82) is 0 Å². The quantitative estimate of drug-likeness (QED) is 0.607. The number of hydrogen-bond donors (Lipinski definition) is 2. The highest BCUT2D eigenvalue weighted by Crippen LogP contribution is 2.27. The molecule has 0 fully saturated rings. The van der Waals surface area contributed by atoms with E-state index in [1.54, 1.807) is 21.1 Å². The molecular weight excluding hydrogens is 372 g/mol. The maximum Gasteiger partial charge on any atom is 0.276 e. The van der Waals surface area contributed by atoms with Crippen LogP contribution >= 0.6 is 0 Å². The number of methoxy groups -OCH3 is 2. The summed E-state index contributed by atoms with van der Waals surface area (Å²) in [5, 5.41) is 5.73. The van der Waals surface area contributed by atoms with Crippen LogP contribution in [0.1, 0.15) is 40.5 Å². The predicted octanol–water partition coefficient (Wildman–Crippen LogP) is 2.27. The third-order valence-corrected chi connectivity index (χ3v) is 4.85. The van der Waals surface area contributed by atoms with Crippen LogP contribution in [0.15, 0.2) is 29.2 Å². The molecule has 0 aliphatic rings. The highest BCUT2D eigenvalue weighted by molar-refractivity contribution is 5.99. The Labute approximate surface area is 168 Å². The molecule has 2 heterocycles. The summed E-state index contributed by atoms with van der Waals surface area (Å²) in [4.78, 5) is 29.7. The first kappa shape index (κ1) is 20.4. The highest BCUT2D eigenvalue weighted by atomic mass is 16.5. The molecule has 2 aromatic heterocycles. The fraction of sp³-hybridized carbons (Fsp3) is 0.381. The van der Waals surface area contributed by atoms with E-state index in [1.165, 1.54) is 10.7 Å². The molecule has 29 heavy (non-hydrogen) atoms. The molecule has 3 aromatic rings. The molecule has 0 aliphatic carbocycles. The topological polar surface area (TPSA) is 97.7 Å². The number of rotatable bonds is 8. The third kappa shape index (κ3) is 4.11. The Balaban J connectivity index is 1.73. The van der Waals surface area contributed by atoms with E-state index in [0.29, 0.717) is 53.4 Å². The summed E-state index contributed by atoms with van der Waals surface area (Å²) < 4.78 is 11.9. The van der Waals surface area contributed by atoms with E-state index in [0.717, 1.165) is 12.0 Å². The normalized spacial score (nSPS) is 10.9. The Hall–Kier alpha value is -3.29. The van der Waals surface area contributed by atoms with Gasteiger partial charge in [-0.2, -0.15) is 0 Å². The van der Waals surface area contributed by atoms with Gasteiger partial charge in [0.25, 0.3) is 11.5 Å². The van der Waals surface area contributed by atoms with Gasteiger partial charge in [0, 0.05) is 24.0 Å². The second kappa shape index (κ2) is 8.81. The molecule has 8 nitrogen and oxygen atoms in total. The van der Waals surface area contributed by atoms with Gasteiger partial charge in [-0.25, -0.2) is 9.50 Å². The predicted molar refractivity (Wildman–Crippen MR) is 110 cm³/mol. The zero-order valence-electron chi connectivity index (χ0n) is 17.2. The summed E-state index contributed by atoms with van der Waals surface area (Å²) in [5.41, 5.74) is 2.88. The van der Waals surface area contributed by atoms with E-state index in [4.69, 9.17) is 9.47 Å². The first-order valence-corrected chi connectivity index (χ1v) is 9.58. The fourth-order valence-corrected chi connectivity index (χ4v) is 3.31. The lowest BCUT2D eigenvalue weighted by Crippen LogP contribution is -2.27. The van der Waals surface area contributed by atoms with Crippen LogP contribution in [0.2, 0.25) is 0 Å². The fourth-order valence-electron chi connectivity index (χ4n) is 3.31. The number of ether oxygens (including phenoxy) is 2. The molecular formula is C21H26N4O4. The summed E-state index contributed by atoms with van der Waals surface area (Å²) >= 11 is 0. The van der Waals surface area contributed by atoms with E-state index < -0.39 is 0 Å². The van der Waals surface area contributed by atoms with E-state index in [1.807, 2.05) is 25.1 Å². The molecule has 0 saturated carbocycles. The summed E-state index contributed by atoms with van der Waals surface area (Å²) in [7, 11) is 3.18. The van der Waals surface area contributed by atoms with E-state index in [-0.39, 0.29) is 11.5 Å². The Morgan fingerprint density at radius 2 is 1.97 bits per heavy atom. The van der Waals surface area contributed by atoms with Crippen LogP contribution in [0, 0.1) is 6.92 Å². The lowest BCUT2D eigenvalue weighted by atomic mass is 10.1. The SMILES string of the molecule is CCCc1c(C)nc2c(C(=O)NCCc3ccc(OC)c(OC)c3)c[nH]n2c1=O. The van der Waals surface area contributed by atoms with Crippen molar-refractivity contribution in [3.63, 3.8) is 0 Å². The minimum absolute atomic E-state index is 0.154. The van der Waals surface area contributed by atoms with Gasteiger partial charge in [0.15, 0.2) is 17.1 Å². The Bertz CT molecular complexity index is 1080. The van der Waals surface area contributed by atoms with E-state index >= 15 is 0 Å². The summed E-state index contributed by atoms with van der Waals surface area (Å²) in [6.45, 7) is 4.25. The summed E-state index contributed by atoms with van der Waals surface area (Å²) in [6, 6.07) is 5.65. The molecule has 0 saturated heterocycles. The van der Waals surface area contributed by atoms with Crippen molar-refractivity contribution in [1.82, 2.24) is 19.9 Å². The van der Waals surface area contributed by atoms with Crippen molar-refractivity contribution in [2.75, 3.05) is 20.8 Å². The molecule has 154 valence electrons. The maximum atomic E-state index is 12.6. The molecule has 1 amide bonds. The summed E-state index contributed by atoms with van der Waals surface area (Å²) in [5.74, 6) is 1.03. The van der Waals surface area contributed by atoms with Gasteiger partial charge in [0.2, 0.25) is 0 Å². The molecule has 0 bridgehead atoms. The van der Waals surface area contributed by atoms with Crippen LogP contribution < -0.4 is 20.3 Å². The number of fused-ring (bicyclic) bond motifs is 1. The molecule has 8 heteroatoms. The zero-order valence-corrected chi connectivity index (χ0v) is 17.2. The number of amides is 1. The van der Waals surface area contributed by atoms with Crippen molar-refractivity contribution in [3.8, 4) is 11.5 Å². The molecule has 2 N–H and O–H groups in total. The standard InChI is InChI=1S/C21H26N4O4/c1-5-6-15-13(2)24-19-16(12-23-25(19)21(15)27)20(26)22-10-9-14-7-8-17(28-3)18(11-14)29-4/h7-8,11-12,23H,5-6,9-10H2,1-4H3,(H,22,26). The van der Waals surface area contributed by atoms with Gasteiger partial charge < -0.3 is 14.8 Å². The lowest BCUT2D eigenvalue weighted by Gasteiger charge is -2.10. The average Bonchev–Trinajstić information content (AvgIpc) is 3.14. The van der Waals surface area contributed by atoms with Gasteiger partial charge in [-0.3, -0.25) is 14.7 Å². The number of aromatic nitrogens is 3. The first-order chi connectivity index (χ1) is 14.0. The number of nitrogens with one attached hydrogen (secondary N) is 2. The van der Waals surface area contributed by atoms with Crippen LogP contribution in [-0.4, -0.2) is 41.3 Å². The number of hydrogen-bond acceptors (Lipinski definition) is 5. The molecule has 0 atom stereocenters. The van der Waals surface area contributed by atoms with Crippen LogP contribution in [-0.2, 0) is 12.8 Å². The molecule has 0 aliphatic heterocycles. The number of aromatic amines is 1. The van der Waals surface area contributed by atoms with Crippen molar-refractivity contribution in [2.45, 2.75) is 33.1 Å². The van der Waals surface area contributed by atoms with Gasteiger partial charge >= 0.3 is 0 Å². The van der Waals surface area contributed by atoms with Crippen LogP contribution in [0.25, 0.3) is 5.65 Å². The van der Waals surface area contributed by atoms with Crippen molar-refractivity contribution >= 4 is 11.6 Å². The molecule has 3 rings (SSSR count). The highest BCUT2D eigenvalue weighted by Gasteiger charge is 2.17. The van der Waals surface area contributed by atoms with Gasteiger partial charge in [0.1, 0.15) is 5.56 Å². The molecule has 0 radical (unpaired) electrons. The zero-order chi connectivity index (χ0) is 21.0. The number of aryl methyl sites for hydroxylation is 1. The number of carbonyl (C=O) groups excluding carboxylic acids is 1. The number of nitrogens with zero attached hydrogens (tertiary/aromatic N) is 2. The lowest BCUT2D eigenvalue weighted by molar-refractivity contribution is 0.0955. The van der Waals surface area contributed by atoms with Gasteiger partial charge in [-0.05, 0) is 37.5 Å². The van der Waals surface area contributed by atoms with Crippen molar-refractivity contribution in [3.05, 3.63) is 57.1 Å². The second-order valence-corrected chi connectivity index (χ2v) is 6.77. The monoisotopic (exact) mass is 398 g/mol. The van der Waals surface area contributed by atoms with Crippen LogP contribution in [0.3, 0.4) is 0 Å². The number of carbonyl (C=O) groups is 1. The number of H-pyrrole nitrogens is 1. The van der Waals surface area contributed by atoms with Crippen molar-refractivity contribution < 1.29 is 14.3 Å². The van der Waals surface area contributed by atoms with Crippen molar-refractivity contribution in [2.24, 2.45) is 0 Å². The molecule has 0 spiro atoms. The minimum atomic E-state index is -0.279. The van der Waals surface area contributed by atoms with Crippen LogP contribution in [0.5, 0.6) is 11.5 Å². The smallest absolute Gasteiger partial charge is 0.276 e. The van der Waals surface area contributed by atoms with Gasteiger partial charge in [-0.1, -0.05) is 19.4 Å². The first-order valence-electron chi connectivity index (χ1n) is 9.58. The number of benzene rings is 1. The Morgan fingerprint density at radius 3 is 2.66 bits per heavy atom. The van der Waals surface area contributed by atoms with E-state index in [2.05, 4.69) is 15.4 Å². The Kier molecular flexibility index (Phi) is 6.21. The Morgan fingerprint density at radius 1 is 1.21 bits per heavy atom. The maximum absolute atomic E-state index is 12.6. The van der Waals surface area contributed by atoms with Crippen LogP contribution in [0.4, 0.5) is 0 Å². The minimum Gasteiger partial charge on any atom is -0.493 e.